The van der Waals surface area contributed by atoms with E-state index in [4.69, 9.17) is 0.974 Å². The van der Waals surface area contributed by atoms with Crippen LogP contribution in [0.5, 0.6) is 0 Å². The molecule has 0 aliphatic rings. The normalized spacial score (nSPS) is 11.3. The first-order valence-corrected chi connectivity index (χ1v) is 9.13. The van der Waals surface area contributed by atoms with Crippen molar-refractivity contribution < 1.29 is 27.6 Å². The summed E-state index contributed by atoms with van der Waals surface area (Å²) in [5.41, 5.74) is 0. The van der Waals surface area contributed by atoms with E-state index in [-0.39, 0.29) is 0 Å². The molecule has 0 saturated carbocycles. The Morgan fingerprint density at radius 2 is 2.50 bits per heavy atom. The van der Waals surface area contributed by atoms with E-state index in [1.807, 2.05) is 12.3 Å². The number of nitrogens with zero attached hydrogens (tertiary/aromatic N) is 1. The third-order valence-corrected chi connectivity index (χ3v) is 13.0. The first-order chi connectivity index (χ1) is 4.84. The van der Waals surface area contributed by atoms with E-state index < -0.39 is 20.2 Å². The average Bonchev–Trinajstić information content (AvgIpc) is 2.05. The summed E-state index contributed by atoms with van der Waals surface area (Å²) >= 11 is -0.691. The summed E-state index contributed by atoms with van der Waals surface area (Å²) in [5, 5.41) is 0. The molecule has 51 valence electrons. The van der Waals surface area contributed by atoms with Gasteiger partial charge in [0, 0.05) is 0 Å². The number of halogens is 1. The molecule has 0 saturated heterocycles. The summed E-state index contributed by atoms with van der Waals surface area (Å²) in [6.07, 6.45) is 3.71. The molecule has 1 rings (SSSR count). The molecule has 0 radical (unpaired) electrons. The van der Waals surface area contributed by atoms with Gasteiger partial charge in [-0.15, -0.1) is 0 Å². The van der Waals surface area contributed by atoms with Crippen LogP contribution < -0.4 is 0 Å². The molecule has 0 atom stereocenters. The van der Waals surface area contributed by atoms with Gasteiger partial charge < -0.3 is 0 Å². The van der Waals surface area contributed by atoms with E-state index in [0.717, 1.165) is 0 Å². The number of hydrogen-bond donors (Lipinski definition) is 0. The minimum absolute atomic E-state index is 0.485. The van der Waals surface area contributed by atoms with Crippen LogP contribution in [0.15, 0.2) is 24.5 Å². The third kappa shape index (κ3) is 2.43. The Balaban J connectivity index is 2.75. The van der Waals surface area contributed by atoms with Crippen molar-refractivity contribution in [2.24, 2.45) is 0 Å². The quantitative estimate of drug-likeness (QED) is 0.401. The van der Waals surface area contributed by atoms with E-state index in [1.54, 1.807) is 6.20 Å². The zero-order chi connectivity index (χ0) is 7.40. The van der Waals surface area contributed by atoms with E-state index in [2.05, 4.69) is 16.0 Å². The van der Waals surface area contributed by atoms with Crippen LogP contribution in [0.25, 0.3) is 0 Å². The molecule has 0 fully saturated rings. The molecule has 10 heavy (non-hydrogen) atoms. The summed E-state index contributed by atoms with van der Waals surface area (Å²) in [4.78, 5) is 6.24. The average molecular weight is 437 g/mol. The number of rotatable bonds is 2. The molecule has 2 nitrogen and oxygen atoms in total. The van der Waals surface area contributed by atoms with Gasteiger partial charge in [-0.1, -0.05) is 0 Å². The summed E-state index contributed by atoms with van der Waals surface area (Å²) in [5.74, 6) is 0. The summed E-state index contributed by atoms with van der Waals surface area (Å²) in [6, 6.07) is 4.07. The number of aromatic nitrogens is 1. The Morgan fingerprint density at radius 1 is 1.70 bits per heavy atom. The monoisotopic (exact) mass is 438 g/mol. The second-order valence-corrected chi connectivity index (χ2v) is 11.7. The second kappa shape index (κ2) is 4.61. The van der Waals surface area contributed by atoms with E-state index in [0.29, 0.717) is 26.6 Å². The summed E-state index contributed by atoms with van der Waals surface area (Å²) < 4.78 is 6.77. The molecule has 0 bridgehead atoms. The van der Waals surface area contributed by atoms with Crippen LogP contribution in [0.2, 0.25) is 0 Å². The fraction of sp³-hybridized carbons (Fsp3) is 0.167. The van der Waals surface area contributed by atoms with Crippen LogP contribution in [0.4, 0.5) is 0 Å². The molecule has 0 aromatic carbocycles. The van der Waals surface area contributed by atoms with Gasteiger partial charge >= 0.3 is 85.8 Å². The van der Waals surface area contributed by atoms with Crippen molar-refractivity contribution in [2.45, 2.75) is 0 Å². The standard InChI is InChI=1S/C6H7INO.Hg/c1-7(9)6-3-2-4-8-5-6;/h2-5H,1H3;/q-1;+1. The van der Waals surface area contributed by atoms with Crippen LogP contribution in [-0.2, 0) is 27.6 Å². The van der Waals surface area contributed by atoms with Gasteiger partial charge in [-0.25, -0.2) is 0 Å². The van der Waals surface area contributed by atoms with Crippen molar-refractivity contribution in [1.82, 2.24) is 4.98 Å². The van der Waals surface area contributed by atoms with Gasteiger partial charge in [0.05, 0.1) is 0 Å². The maximum atomic E-state index is 5.45. The molecule has 0 spiro atoms. The van der Waals surface area contributed by atoms with Crippen LogP contribution in [0, 0.1) is 3.57 Å². The van der Waals surface area contributed by atoms with Gasteiger partial charge in [0.2, 0.25) is 0 Å². The van der Waals surface area contributed by atoms with Crippen molar-refractivity contribution in [2.75, 3.05) is 4.93 Å². The van der Waals surface area contributed by atoms with Crippen LogP contribution >= 0.6 is 20.2 Å². The van der Waals surface area contributed by atoms with Gasteiger partial charge in [-0.05, 0) is 0 Å². The number of pyridine rings is 1. The second-order valence-electron chi connectivity index (χ2n) is 1.70. The molecular formula is C6H7HgINO. The van der Waals surface area contributed by atoms with Crippen molar-refractivity contribution in [3.63, 3.8) is 0 Å². The molecular weight excluding hydrogens is 430 g/mol. The Morgan fingerprint density at radius 3 is 3.00 bits per heavy atom. The molecule has 0 aliphatic carbocycles. The Labute approximate surface area is 85.0 Å². The van der Waals surface area contributed by atoms with Gasteiger partial charge in [0.25, 0.3) is 0 Å². The van der Waals surface area contributed by atoms with E-state index in [1.165, 1.54) is 3.57 Å². The Hall–Kier alpha value is 0.775. The number of hydrogen-bond acceptors (Lipinski definition) is 2. The van der Waals surface area contributed by atoms with Crippen molar-refractivity contribution in [1.29, 1.82) is 0 Å². The van der Waals surface area contributed by atoms with Crippen molar-refractivity contribution in [3.05, 3.63) is 28.1 Å². The number of alkyl halides is 1. The fourth-order valence-electron chi connectivity index (χ4n) is 0.562. The Bertz CT molecular complexity index is 194. The van der Waals surface area contributed by atoms with E-state index in [9.17, 15) is 0 Å². The Kier molecular flexibility index (Phi) is 4.09. The van der Waals surface area contributed by atoms with Gasteiger partial charge in [0.1, 0.15) is 0 Å². The topological polar surface area (TPSA) is 22.1 Å². The molecule has 0 N–H and O–H groups in total. The molecule has 0 amide bonds. The van der Waals surface area contributed by atoms with Crippen LogP contribution in [0.1, 0.15) is 0 Å². The minimum atomic E-state index is -1.18. The summed E-state index contributed by atoms with van der Waals surface area (Å²) in [6.45, 7) is 0. The molecule has 0 aliphatic heterocycles. The maximum absolute atomic E-state index is 5.45. The zero-order valence-electron chi connectivity index (χ0n) is 5.75. The fourth-order valence-corrected chi connectivity index (χ4v) is 5.47. The third-order valence-electron chi connectivity index (χ3n) is 1.10. The predicted octanol–water partition coefficient (Wildman–Crippen LogP) is 1.78. The van der Waals surface area contributed by atoms with E-state index >= 15 is 0 Å². The zero-order valence-corrected chi connectivity index (χ0v) is 13.4. The molecule has 1 aromatic rings. The van der Waals surface area contributed by atoms with Crippen LogP contribution in [0.3, 0.4) is 0 Å². The molecule has 1 aromatic heterocycles. The molecule has 1 heterocycles. The first kappa shape index (κ1) is 8.87. The van der Waals surface area contributed by atoms with Crippen molar-refractivity contribution in [3.8, 4) is 0 Å². The van der Waals surface area contributed by atoms with Gasteiger partial charge in [-0.3, -0.25) is 0 Å². The summed E-state index contributed by atoms with van der Waals surface area (Å²) in [7, 11) is 0. The SMILES string of the molecule is CI([O][Hg])c1cccnc1. The van der Waals surface area contributed by atoms with Crippen LogP contribution in [-0.4, -0.2) is 9.91 Å². The predicted molar refractivity (Wildman–Crippen MR) is 44.0 cm³/mol. The van der Waals surface area contributed by atoms with Crippen molar-refractivity contribution >= 4 is 20.2 Å². The first-order valence-electron chi connectivity index (χ1n) is 2.77. The van der Waals surface area contributed by atoms with Gasteiger partial charge in [0.15, 0.2) is 0 Å². The molecule has 4 heteroatoms. The van der Waals surface area contributed by atoms with Gasteiger partial charge in [-0.2, -0.15) is 0 Å². The molecule has 0 unspecified atom stereocenters.